The topological polar surface area (TPSA) is 97.4 Å². The molecule has 0 bridgehead atoms. The molecule has 1 spiro atoms. The van der Waals surface area contributed by atoms with Crippen molar-refractivity contribution in [3.63, 3.8) is 0 Å². The maximum Gasteiger partial charge on any atom is 0.257 e. The highest BCUT2D eigenvalue weighted by atomic mass is 16.5. The van der Waals surface area contributed by atoms with E-state index in [0.717, 1.165) is 25.7 Å². The third kappa shape index (κ3) is 4.51. The molecule has 3 heterocycles. The van der Waals surface area contributed by atoms with Crippen LogP contribution in [0.1, 0.15) is 48.9 Å². The molecule has 1 aliphatic carbocycles. The molecule has 9 heteroatoms. The van der Waals surface area contributed by atoms with Crippen molar-refractivity contribution in [3.8, 4) is 5.75 Å². The molecule has 4 aliphatic rings. The van der Waals surface area contributed by atoms with E-state index >= 15 is 0 Å². The van der Waals surface area contributed by atoms with Crippen molar-refractivity contribution in [2.75, 3.05) is 40.0 Å². The summed E-state index contributed by atoms with van der Waals surface area (Å²) in [7, 11) is 1.55. The molecule has 2 atom stereocenters. The minimum atomic E-state index is -0.910. The highest BCUT2D eigenvalue weighted by Gasteiger charge is 2.54. The van der Waals surface area contributed by atoms with Crippen LogP contribution in [0.5, 0.6) is 5.75 Å². The minimum absolute atomic E-state index is 0.0134. The fourth-order valence-corrected chi connectivity index (χ4v) is 5.26. The lowest BCUT2D eigenvalue weighted by Gasteiger charge is -2.44. The van der Waals surface area contributed by atoms with Crippen LogP contribution in [-0.4, -0.2) is 85.3 Å². The number of hydrogen-bond donors (Lipinski definition) is 1. The van der Waals surface area contributed by atoms with Crippen molar-refractivity contribution in [1.29, 1.82) is 0 Å². The molecule has 3 aliphatic heterocycles. The first-order valence-electron chi connectivity index (χ1n) is 12.3. The van der Waals surface area contributed by atoms with Gasteiger partial charge in [-0.25, -0.2) is 0 Å². The van der Waals surface area contributed by atoms with E-state index < -0.39 is 11.8 Å². The van der Waals surface area contributed by atoms with Gasteiger partial charge in [0.05, 0.1) is 19.8 Å². The Morgan fingerprint density at radius 3 is 2.65 bits per heavy atom. The molecule has 1 N–H and O–H groups in total. The van der Waals surface area contributed by atoms with Gasteiger partial charge >= 0.3 is 0 Å². The predicted octanol–water partition coefficient (Wildman–Crippen LogP) is 1.56. The number of ether oxygens (including phenoxy) is 3. The van der Waals surface area contributed by atoms with Crippen molar-refractivity contribution in [1.82, 2.24) is 15.1 Å². The number of amides is 3. The van der Waals surface area contributed by atoms with Crippen LogP contribution in [-0.2, 0) is 19.1 Å². The number of rotatable bonds is 6. The SMILES string of the molecule is COc1cccc(C(=O)N2[C@@H](C(=O)NC[C@H]3CCCO3)COC23CCN(C(=O)C2CC2)CC3)c1. The summed E-state index contributed by atoms with van der Waals surface area (Å²) in [6.07, 6.45) is 4.82. The van der Waals surface area contributed by atoms with Gasteiger partial charge in [-0.2, -0.15) is 0 Å². The number of piperidine rings is 1. The number of nitrogens with zero attached hydrogens (tertiary/aromatic N) is 2. The summed E-state index contributed by atoms with van der Waals surface area (Å²) in [5.74, 6) is 0.425. The van der Waals surface area contributed by atoms with Crippen molar-refractivity contribution in [2.24, 2.45) is 5.92 Å². The molecule has 1 saturated carbocycles. The predicted molar refractivity (Wildman–Crippen MR) is 122 cm³/mol. The first kappa shape index (κ1) is 23.1. The van der Waals surface area contributed by atoms with E-state index in [-0.39, 0.29) is 36.4 Å². The lowest BCUT2D eigenvalue weighted by molar-refractivity contribution is -0.144. The third-order valence-electron chi connectivity index (χ3n) is 7.41. The molecule has 0 aromatic heterocycles. The average molecular weight is 472 g/mol. The summed E-state index contributed by atoms with van der Waals surface area (Å²) in [6, 6.07) is 6.21. The van der Waals surface area contributed by atoms with Crippen LogP contribution >= 0.6 is 0 Å². The summed E-state index contributed by atoms with van der Waals surface area (Å²) < 4.78 is 17.2. The normalized spacial score (nSPS) is 26.0. The zero-order valence-corrected chi connectivity index (χ0v) is 19.7. The number of carbonyl (C=O) groups excluding carboxylic acids is 3. The first-order valence-corrected chi connectivity index (χ1v) is 12.3. The van der Waals surface area contributed by atoms with Gasteiger partial charge in [0, 0.05) is 50.6 Å². The summed E-state index contributed by atoms with van der Waals surface area (Å²) in [5.41, 5.74) is -0.468. The molecule has 1 aromatic carbocycles. The molecule has 3 amide bonds. The Kier molecular flexibility index (Phi) is 6.48. The van der Waals surface area contributed by atoms with E-state index in [2.05, 4.69) is 5.32 Å². The largest absolute Gasteiger partial charge is 0.497 e. The molecule has 34 heavy (non-hydrogen) atoms. The van der Waals surface area contributed by atoms with Crippen molar-refractivity contribution < 1.29 is 28.6 Å². The monoisotopic (exact) mass is 471 g/mol. The molecule has 1 aromatic rings. The van der Waals surface area contributed by atoms with Gasteiger partial charge in [0.25, 0.3) is 5.91 Å². The number of methoxy groups -OCH3 is 1. The number of nitrogens with one attached hydrogen (secondary N) is 1. The van der Waals surface area contributed by atoms with E-state index in [1.165, 1.54) is 0 Å². The number of benzene rings is 1. The van der Waals surface area contributed by atoms with Gasteiger partial charge in [-0.1, -0.05) is 6.07 Å². The van der Waals surface area contributed by atoms with Gasteiger partial charge < -0.3 is 24.4 Å². The van der Waals surface area contributed by atoms with Crippen LogP contribution < -0.4 is 10.1 Å². The molecule has 5 rings (SSSR count). The highest BCUT2D eigenvalue weighted by Crippen LogP contribution is 2.40. The molecular formula is C25H33N3O6. The molecule has 9 nitrogen and oxygen atoms in total. The van der Waals surface area contributed by atoms with Gasteiger partial charge in [0.2, 0.25) is 11.8 Å². The second kappa shape index (κ2) is 9.54. The number of likely N-dealkylation sites (tertiary alicyclic amines) is 1. The van der Waals surface area contributed by atoms with Gasteiger partial charge in [-0.15, -0.1) is 0 Å². The minimum Gasteiger partial charge on any atom is -0.497 e. The van der Waals surface area contributed by atoms with Crippen molar-refractivity contribution >= 4 is 17.7 Å². The van der Waals surface area contributed by atoms with Crippen molar-refractivity contribution in [3.05, 3.63) is 29.8 Å². The summed E-state index contributed by atoms with van der Waals surface area (Å²) >= 11 is 0. The second-order valence-corrected chi connectivity index (χ2v) is 9.66. The van der Waals surface area contributed by atoms with Gasteiger partial charge in [-0.3, -0.25) is 19.3 Å². The van der Waals surface area contributed by atoms with E-state index in [1.807, 2.05) is 4.90 Å². The smallest absolute Gasteiger partial charge is 0.257 e. The Morgan fingerprint density at radius 2 is 1.97 bits per heavy atom. The Balaban J connectivity index is 1.36. The first-order chi connectivity index (χ1) is 16.5. The zero-order valence-electron chi connectivity index (χ0n) is 19.7. The van der Waals surface area contributed by atoms with Crippen LogP contribution in [0.25, 0.3) is 0 Å². The maximum atomic E-state index is 13.8. The van der Waals surface area contributed by atoms with Crippen LogP contribution in [0.4, 0.5) is 0 Å². The van der Waals surface area contributed by atoms with Gasteiger partial charge in [-0.05, 0) is 43.9 Å². The standard InChI is InChI=1S/C25H33N3O6/c1-32-19-5-2-4-18(14-19)24(31)28-21(22(29)26-15-20-6-3-13-33-20)16-34-25(28)9-11-27(12-10-25)23(30)17-7-8-17/h2,4-5,14,17,20-21H,3,6-13,15-16H2,1H3,(H,26,29)/t20-,21-/m1/s1. The molecular weight excluding hydrogens is 438 g/mol. The molecule has 4 fully saturated rings. The van der Waals surface area contributed by atoms with E-state index in [9.17, 15) is 14.4 Å². The zero-order chi connectivity index (χ0) is 23.7. The quantitative estimate of drug-likeness (QED) is 0.676. The lowest BCUT2D eigenvalue weighted by Crippen LogP contribution is -2.60. The van der Waals surface area contributed by atoms with Gasteiger partial charge in [0.1, 0.15) is 17.5 Å². The molecule has 184 valence electrons. The highest BCUT2D eigenvalue weighted by molar-refractivity contribution is 5.98. The number of hydrogen-bond acceptors (Lipinski definition) is 6. The summed E-state index contributed by atoms with van der Waals surface area (Å²) in [6.45, 7) is 2.30. The van der Waals surface area contributed by atoms with Crippen LogP contribution in [0.2, 0.25) is 0 Å². The molecule has 0 radical (unpaired) electrons. The molecule has 3 saturated heterocycles. The van der Waals surface area contributed by atoms with E-state index in [1.54, 1.807) is 36.3 Å². The van der Waals surface area contributed by atoms with E-state index in [0.29, 0.717) is 50.4 Å². The Bertz CT molecular complexity index is 934. The Labute approximate surface area is 199 Å². The van der Waals surface area contributed by atoms with Crippen LogP contribution in [0.3, 0.4) is 0 Å². The third-order valence-corrected chi connectivity index (χ3v) is 7.41. The van der Waals surface area contributed by atoms with Crippen LogP contribution in [0.15, 0.2) is 24.3 Å². The Hall–Kier alpha value is -2.65. The number of carbonyl (C=O) groups is 3. The fourth-order valence-electron chi connectivity index (χ4n) is 5.26. The Morgan fingerprint density at radius 1 is 1.18 bits per heavy atom. The van der Waals surface area contributed by atoms with Crippen LogP contribution in [0, 0.1) is 5.92 Å². The summed E-state index contributed by atoms with van der Waals surface area (Å²) in [4.78, 5) is 43.1. The summed E-state index contributed by atoms with van der Waals surface area (Å²) in [5, 5.41) is 2.97. The fraction of sp³-hybridized carbons (Fsp3) is 0.640. The van der Waals surface area contributed by atoms with E-state index in [4.69, 9.17) is 14.2 Å². The van der Waals surface area contributed by atoms with Crippen molar-refractivity contribution in [2.45, 2.75) is 56.4 Å². The lowest BCUT2D eigenvalue weighted by atomic mass is 9.96. The average Bonchev–Trinajstić information content (AvgIpc) is 3.47. The molecule has 0 unspecified atom stereocenters. The second-order valence-electron chi connectivity index (χ2n) is 9.66. The maximum absolute atomic E-state index is 13.8. The van der Waals surface area contributed by atoms with Gasteiger partial charge in [0.15, 0.2) is 0 Å².